The van der Waals surface area contributed by atoms with E-state index in [9.17, 15) is 9.59 Å². The van der Waals surface area contributed by atoms with Crippen molar-refractivity contribution in [2.24, 2.45) is 0 Å². The molecular formula is C19H20ClNO5. The molecule has 0 aromatic heterocycles. The number of aldehydes is 1. The molecule has 0 heterocycles. The van der Waals surface area contributed by atoms with Crippen molar-refractivity contribution < 1.29 is 23.8 Å². The van der Waals surface area contributed by atoms with E-state index < -0.39 is 0 Å². The van der Waals surface area contributed by atoms with Gasteiger partial charge in [-0.05, 0) is 42.3 Å². The van der Waals surface area contributed by atoms with Gasteiger partial charge >= 0.3 is 0 Å². The number of benzene rings is 2. The first-order valence-corrected chi connectivity index (χ1v) is 8.30. The van der Waals surface area contributed by atoms with Crippen LogP contribution < -0.4 is 19.5 Å². The van der Waals surface area contributed by atoms with Crippen LogP contribution in [0, 0.1) is 0 Å². The lowest BCUT2D eigenvalue weighted by Crippen LogP contribution is -2.30. The van der Waals surface area contributed by atoms with Crippen LogP contribution in [0.4, 0.5) is 0 Å². The highest BCUT2D eigenvalue weighted by Gasteiger charge is 2.08. The van der Waals surface area contributed by atoms with Crippen molar-refractivity contribution in [3.63, 3.8) is 0 Å². The van der Waals surface area contributed by atoms with Crippen molar-refractivity contribution in [3.05, 3.63) is 52.5 Å². The maximum atomic E-state index is 11.9. The molecule has 2 rings (SSSR count). The Morgan fingerprint density at radius 2 is 1.81 bits per heavy atom. The Balaban J connectivity index is 1.81. The van der Waals surface area contributed by atoms with E-state index in [1.165, 1.54) is 6.07 Å². The standard InChI is InChI=1S/C19H20ClNO5/c1-24-17-5-3-13(9-18(17)25-2)7-8-21-19(23)12-26-16-6-4-15(20)10-14(16)11-22/h3-6,9-11H,7-8,12H2,1-2H3,(H,21,23). The smallest absolute Gasteiger partial charge is 0.257 e. The minimum absolute atomic E-state index is 0.186. The summed E-state index contributed by atoms with van der Waals surface area (Å²) in [5.41, 5.74) is 1.31. The minimum Gasteiger partial charge on any atom is -0.493 e. The van der Waals surface area contributed by atoms with Crippen LogP contribution in [0.15, 0.2) is 36.4 Å². The fourth-order valence-electron chi connectivity index (χ4n) is 2.32. The summed E-state index contributed by atoms with van der Waals surface area (Å²) in [5.74, 6) is 1.34. The van der Waals surface area contributed by atoms with Gasteiger partial charge in [0.2, 0.25) is 0 Å². The van der Waals surface area contributed by atoms with E-state index in [0.29, 0.717) is 47.1 Å². The molecule has 0 fully saturated rings. The third kappa shape index (κ3) is 5.39. The molecule has 0 atom stereocenters. The van der Waals surface area contributed by atoms with E-state index in [4.69, 9.17) is 25.8 Å². The Bertz CT molecular complexity index is 779. The van der Waals surface area contributed by atoms with Gasteiger partial charge in [0.25, 0.3) is 5.91 Å². The second-order valence-electron chi connectivity index (χ2n) is 5.38. The number of hydrogen-bond acceptors (Lipinski definition) is 5. The lowest BCUT2D eigenvalue weighted by molar-refractivity contribution is -0.123. The maximum absolute atomic E-state index is 11.9. The monoisotopic (exact) mass is 377 g/mol. The molecule has 0 radical (unpaired) electrons. The van der Waals surface area contributed by atoms with E-state index in [1.807, 2.05) is 18.2 Å². The first-order valence-electron chi connectivity index (χ1n) is 7.92. The van der Waals surface area contributed by atoms with Gasteiger partial charge in [0.15, 0.2) is 24.4 Å². The molecule has 26 heavy (non-hydrogen) atoms. The molecule has 0 aliphatic rings. The fourth-order valence-corrected chi connectivity index (χ4v) is 2.50. The van der Waals surface area contributed by atoms with Crippen LogP contribution >= 0.6 is 11.6 Å². The molecule has 1 amide bonds. The first-order chi connectivity index (χ1) is 12.6. The normalized spacial score (nSPS) is 10.1. The van der Waals surface area contributed by atoms with Crippen LogP contribution in [0.5, 0.6) is 17.2 Å². The number of carbonyl (C=O) groups is 2. The van der Waals surface area contributed by atoms with Gasteiger partial charge in [0, 0.05) is 11.6 Å². The highest BCUT2D eigenvalue weighted by atomic mass is 35.5. The van der Waals surface area contributed by atoms with Gasteiger partial charge in [-0.2, -0.15) is 0 Å². The third-order valence-electron chi connectivity index (χ3n) is 3.64. The molecule has 0 unspecified atom stereocenters. The zero-order chi connectivity index (χ0) is 18.9. The molecule has 0 saturated heterocycles. The van der Waals surface area contributed by atoms with Gasteiger partial charge in [-0.15, -0.1) is 0 Å². The van der Waals surface area contributed by atoms with Crippen LogP contribution in [0.1, 0.15) is 15.9 Å². The Labute approximate surface area is 157 Å². The molecule has 7 heteroatoms. The van der Waals surface area contributed by atoms with Crippen molar-refractivity contribution >= 4 is 23.8 Å². The summed E-state index contributed by atoms with van der Waals surface area (Å²) in [6.45, 7) is 0.257. The minimum atomic E-state index is -0.280. The van der Waals surface area contributed by atoms with E-state index >= 15 is 0 Å². The molecule has 6 nitrogen and oxygen atoms in total. The Kier molecular flexibility index (Phi) is 7.29. The van der Waals surface area contributed by atoms with E-state index in [0.717, 1.165) is 5.56 Å². The predicted octanol–water partition coefficient (Wildman–Crippen LogP) is 2.91. The van der Waals surface area contributed by atoms with Crippen LogP contribution in [-0.2, 0) is 11.2 Å². The largest absolute Gasteiger partial charge is 0.493 e. The van der Waals surface area contributed by atoms with Crippen molar-refractivity contribution in [2.45, 2.75) is 6.42 Å². The number of amides is 1. The lowest BCUT2D eigenvalue weighted by atomic mass is 10.1. The fraction of sp³-hybridized carbons (Fsp3) is 0.263. The average molecular weight is 378 g/mol. The average Bonchev–Trinajstić information content (AvgIpc) is 2.66. The van der Waals surface area contributed by atoms with E-state index in [-0.39, 0.29) is 12.5 Å². The molecule has 2 aromatic carbocycles. The molecule has 0 spiro atoms. The number of hydrogen-bond donors (Lipinski definition) is 1. The summed E-state index contributed by atoms with van der Waals surface area (Å²) in [7, 11) is 3.15. The first kappa shape index (κ1) is 19.6. The van der Waals surface area contributed by atoms with Gasteiger partial charge < -0.3 is 19.5 Å². The zero-order valence-corrected chi connectivity index (χ0v) is 15.3. The summed E-state index contributed by atoms with van der Waals surface area (Å²) in [6, 6.07) is 10.2. The summed E-state index contributed by atoms with van der Waals surface area (Å²) in [5, 5.41) is 3.20. The van der Waals surface area contributed by atoms with Gasteiger partial charge in [-0.3, -0.25) is 9.59 Å². The molecular weight excluding hydrogens is 358 g/mol. The zero-order valence-electron chi connectivity index (χ0n) is 14.6. The Morgan fingerprint density at radius 1 is 1.08 bits per heavy atom. The van der Waals surface area contributed by atoms with E-state index in [1.54, 1.807) is 26.4 Å². The molecule has 0 aliphatic heterocycles. The van der Waals surface area contributed by atoms with Crippen LogP contribution in [0.3, 0.4) is 0 Å². The number of halogens is 1. The van der Waals surface area contributed by atoms with Crippen LogP contribution in [-0.4, -0.2) is 39.6 Å². The summed E-state index contributed by atoms with van der Waals surface area (Å²) >= 11 is 5.82. The van der Waals surface area contributed by atoms with Gasteiger partial charge in [-0.1, -0.05) is 17.7 Å². The summed E-state index contributed by atoms with van der Waals surface area (Å²) in [6.07, 6.45) is 1.27. The molecule has 1 N–H and O–H groups in total. The number of rotatable bonds is 9. The van der Waals surface area contributed by atoms with Crippen molar-refractivity contribution in [3.8, 4) is 17.2 Å². The molecule has 0 aliphatic carbocycles. The number of methoxy groups -OCH3 is 2. The topological polar surface area (TPSA) is 73.9 Å². The highest BCUT2D eigenvalue weighted by Crippen LogP contribution is 2.27. The van der Waals surface area contributed by atoms with Crippen molar-refractivity contribution in [1.29, 1.82) is 0 Å². The van der Waals surface area contributed by atoms with Gasteiger partial charge in [0.1, 0.15) is 5.75 Å². The summed E-state index contributed by atoms with van der Waals surface area (Å²) in [4.78, 5) is 22.9. The molecule has 0 saturated carbocycles. The Morgan fingerprint density at radius 3 is 2.50 bits per heavy atom. The number of ether oxygens (including phenoxy) is 3. The summed E-state index contributed by atoms with van der Waals surface area (Å²) < 4.78 is 15.8. The lowest BCUT2D eigenvalue weighted by Gasteiger charge is -2.11. The maximum Gasteiger partial charge on any atom is 0.257 e. The van der Waals surface area contributed by atoms with Crippen LogP contribution in [0.25, 0.3) is 0 Å². The Hall–Kier alpha value is -2.73. The predicted molar refractivity (Wildman–Crippen MR) is 98.6 cm³/mol. The SMILES string of the molecule is COc1ccc(CCNC(=O)COc2ccc(Cl)cc2C=O)cc1OC. The molecule has 0 bridgehead atoms. The molecule has 2 aromatic rings. The second-order valence-corrected chi connectivity index (χ2v) is 5.81. The van der Waals surface area contributed by atoms with Crippen molar-refractivity contribution in [2.75, 3.05) is 27.4 Å². The third-order valence-corrected chi connectivity index (χ3v) is 3.88. The number of nitrogens with one attached hydrogen (secondary N) is 1. The molecule has 138 valence electrons. The van der Waals surface area contributed by atoms with Crippen LogP contribution in [0.2, 0.25) is 5.02 Å². The van der Waals surface area contributed by atoms with Gasteiger partial charge in [-0.25, -0.2) is 0 Å². The van der Waals surface area contributed by atoms with E-state index in [2.05, 4.69) is 5.32 Å². The quantitative estimate of drug-likeness (QED) is 0.680. The second kappa shape index (κ2) is 9.68. The number of carbonyl (C=O) groups excluding carboxylic acids is 2. The van der Waals surface area contributed by atoms with Crippen molar-refractivity contribution in [1.82, 2.24) is 5.32 Å². The van der Waals surface area contributed by atoms with Gasteiger partial charge in [0.05, 0.1) is 19.8 Å². The highest BCUT2D eigenvalue weighted by molar-refractivity contribution is 6.30.